The molecule has 0 bridgehead atoms. The molecule has 0 atom stereocenters. The van der Waals surface area contributed by atoms with Gasteiger partial charge in [-0.2, -0.15) is 5.10 Å². The fourth-order valence-electron chi connectivity index (χ4n) is 1.80. The number of hydrazone groups is 1. The third kappa shape index (κ3) is 4.03. The molecule has 1 amide bonds. The minimum Gasteiger partial charge on any atom is -0.273 e. The SMILES string of the molecule is CCc1ccc(CC(=O)N/N=C(/C)c2cccs2)cc1. The molecule has 20 heavy (non-hydrogen) atoms. The van der Waals surface area contributed by atoms with Gasteiger partial charge in [-0.15, -0.1) is 11.3 Å². The number of amides is 1. The molecule has 1 aromatic heterocycles. The maximum absolute atomic E-state index is 11.8. The first-order valence-electron chi connectivity index (χ1n) is 6.64. The second kappa shape index (κ2) is 7.01. The van der Waals surface area contributed by atoms with Crippen molar-refractivity contribution in [2.45, 2.75) is 26.7 Å². The maximum atomic E-state index is 11.8. The Kier molecular flexibility index (Phi) is 5.07. The first kappa shape index (κ1) is 14.5. The van der Waals surface area contributed by atoms with Gasteiger partial charge in [-0.25, -0.2) is 5.43 Å². The van der Waals surface area contributed by atoms with Crippen LogP contribution in [0.3, 0.4) is 0 Å². The van der Waals surface area contributed by atoms with Crippen LogP contribution in [0.15, 0.2) is 46.9 Å². The van der Waals surface area contributed by atoms with E-state index in [1.165, 1.54) is 5.56 Å². The molecule has 0 saturated heterocycles. The van der Waals surface area contributed by atoms with E-state index in [4.69, 9.17) is 0 Å². The van der Waals surface area contributed by atoms with Gasteiger partial charge in [-0.1, -0.05) is 37.3 Å². The van der Waals surface area contributed by atoms with Gasteiger partial charge in [0.05, 0.1) is 12.1 Å². The number of hydrogen-bond acceptors (Lipinski definition) is 3. The summed E-state index contributed by atoms with van der Waals surface area (Å²) in [4.78, 5) is 12.9. The number of carbonyl (C=O) groups excluding carboxylic acids is 1. The fraction of sp³-hybridized carbons (Fsp3) is 0.250. The minimum absolute atomic E-state index is 0.0924. The number of benzene rings is 1. The molecule has 0 aliphatic carbocycles. The summed E-state index contributed by atoms with van der Waals surface area (Å²) in [6, 6.07) is 12.1. The van der Waals surface area contributed by atoms with Crippen LogP contribution in [-0.2, 0) is 17.6 Å². The summed E-state index contributed by atoms with van der Waals surface area (Å²) in [6.07, 6.45) is 1.36. The molecule has 0 fully saturated rings. The van der Waals surface area contributed by atoms with Gasteiger partial charge in [-0.05, 0) is 35.9 Å². The number of nitrogens with zero attached hydrogens (tertiary/aromatic N) is 1. The topological polar surface area (TPSA) is 41.5 Å². The van der Waals surface area contributed by atoms with Crippen LogP contribution >= 0.6 is 11.3 Å². The van der Waals surface area contributed by atoms with E-state index in [9.17, 15) is 4.79 Å². The zero-order chi connectivity index (χ0) is 14.4. The first-order valence-corrected chi connectivity index (χ1v) is 7.52. The fourth-order valence-corrected chi connectivity index (χ4v) is 2.48. The lowest BCUT2D eigenvalue weighted by Crippen LogP contribution is -2.21. The standard InChI is InChI=1S/C16H18N2OS/c1-3-13-6-8-14(9-7-13)11-16(19)18-17-12(2)15-5-4-10-20-15/h4-10H,3,11H2,1-2H3,(H,18,19)/b17-12-. The first-order chi connectivity index (χ1) is 9.69. The summed E-state index contributed by atoms with van der Waals surface area (Å²) in [5, 5.41) is 6.12. The Hall–Kier alpha value is -1.94. The molecule has 0 unspecified atom stereocenters. The average molecular weight is 286 g/mol. The lowest BCUT2D eigenvalue weighted by Gasteiger charge is -2.03. The predicted octanol–water partition coefficient (Wildman–Crippen LogP) is 3.39. The molecule has 0 aliphatic rings. The third-order valence-corrected chi connectivity index (χ3v) is 4.00. The van der Waals surface area contributed by atoms with Crippen molar-refractivity contribution in [1.29, 1.82) is 0 Å². The van der Waals surface area contributed by atoms with Gasteiger partial charge in [0.1, 0.15) is 0 Å². The number of carbonyl (C=O) groups is 1. The molecule has 104 valence electrons. The van der Waals surface area contributed by atoms with E-state index in [0.29, 0.717) is 6.42 Å². The summed E-state index contributed by atoms with van der Waals surface area (Å²) < 4.78 is 0. The summed E-state index contributed by atoms with van der Waals surface area (Å²) in [5.41, 5.74) is 5.71. The molecule has 4 heteroatoms. The molecule has 0 aliphatic heterocycles. The van der Waals surface area contributed by atoms with Crippen molar-refractivity contribution < 1.29 is 4.79 Å². The summed E-state index contributed by atoms with van der Waals surface area (Å²) in [6.45, 7) is 4.01. The largest absolute Gasteiger partial charge is 0.273 e. The van der Waals surface area contributed by atoms with E-state index in [-0.39, 0.29) is 5.91 Å². The van der Waals surface area contributed by atoms with Crippen molar-refractivity contribution in [3.05, 3.63) is 57.8 Å². The molecule has 3 nitrogen and oxygen atoms in total. The van der Waals surface area contributed by atoms with Crippen LogP contribution in [0.1, 0.15) is 29.9 Å². The van der Waals surface area contributed by atoms with Gasteiger partial charge in [0, 0.05) is 4.88 Å². The van der Waals surface area contributed by atoms with Crippen LogP contribution in [0.2, 0.25) is 0 Å². The van der Waals surface area contributed by atoms with Crippen LogP contribution in [0.5, 0.6) is 0 Å². The lowest BCUT2D eigenvalue weighted by atomic mass is 10.1. The van der Waals surface area contributed by atoms with Crippen molar-refractivity contribution in [3.63, 3.8) is 0 Å². The Labute approximate surface area is 123 Å². The molecular formula is C16H18N2OS. The molecule has 0 spiro atoms. The molecule has 2 aromatic rings. The van der Waals surface area contributed by atoms with E-state index in [2.05, 4.69) is 29.6 Å². The number of hydrogen-bond donors (Lipinski definition) is 1. The van der Waals surface area contributed by atoms with E-state index < -0.39 is 0 Å². The highest BCUT2D eigenvalue weighted by molar-refractivity contribution is 7.12. The van der Waals surface area contributed by atoms with E-state index >= 15 is 0 Å². The quantitative estimate of drug-likeness (QED) is 0.664. The van der Waals surface area contributed by atoms with Gasteiger partial charge in [-0.3, -0.25) is 4.79 Å². The Morgan fingerprint density at radius 3 is 2.50 bits per heavy atom. The highest BCUT2D eigenvalue weighted by atomic mass is 32.1. The van der Waals surface area contributed by atoms with E-state index in [1.807, 2.05) is 36.6 Å². The van der Waals surface area contributed by atoms with Crippen molar-refractivity contribution >= 4 is 23.0 Å². The minimum atomic E-state index is -0.0924. The number of rotatable bonds is 5. The molecule has 2 rings (SSSR count). The van der Waals surface area contributed by atoms with E-state index in [0.717, 1.165) is 22.6 Å². The van der Waals surface area contributed by atoms with Crippen molar-refractivity contribution in [1.82, 2.24) is 5.43 Å². The Morgan fingerprint density at radius 1 is 1.20 bits per heavy atom. The molecule has 0 radical (unpaired) electrons. The molecular weight excluding hydrogens is 268 g/mol. The van der Waals surface area contributed by atoms with Gasteiger partial charge in [0.2, 0.25) is 5.91 Å². The van der Waals surface area contributed by atoms with Crippen LogP contribution in [-0.4, -0.2) is 11.6 Å². The second-order valence-corrected chi connectivity index (χ2v) is 5.50. The van der Waals surface area contributed by atoms with Gasteiger partial charge >= 0.3 is 0 Å². The molecule has 1 aromatic carbocycles. The zero-order valence-corrected chi connectivity index (χ0v) is 12.5. The summed E-state index contributed by atoms with van der Waals surface area (Å²) in [7, 11) is 0. The van der Waals surface area contributed by atoms with Crippen LogP contribution in [0.25, 0.3) is 0 Å². The highest BCUT2D eigenvalue weighted by Gasteiger charge is 2.03. The number of aryl methyl sites for hydroxylation is 1. The Balaban J connectivity index is 1.90. The Bertz CT molecular complexity index is 585. The maximum Gasteiger partial charge on any atom is 0.244 e. The van der Waals surface area contributed by atoms with Crippen LogP contribution < -0.4 is 5.43 Å². The van der Waals surface area contributed by atoms with Gasteiger partial charge in [0.25, 0.3) is 0 Å². The monoisotopic (exact) mass is 286 g/mol. The molecule has 1 N–H and O–H groups in total. The van der Waals surface area contributed by atoms with Crippen molar-refractivity contribution in [2.75, 3.05) is 0 Å². The second-order valence-electron chi connectivity index (χ2n) is 4.56. The number of nitrogens with one attached hydrogen (secondary N) is 1. The van der Waals surface area contributed by atoms with E-state index in [1.54, 1.807) is 11.3 Å². The summed E-state index contributed by atoms with van der Waals surface area (Å²) >= 11 is 1.61. The lowest BCUT2D eigenvalue weighted by molar-refractivity contribution is -0.120. The average Bonchev–Trinajstić information content (AvgIpc) is 3.00. The molecule has 0 saturated carbocycles. The van der Waals surface area contributed by atoms with Crippen molar-refractivity contribution in [2.24, 2.45) is 5.10 Å². The van der Waals surface area contributed by atoms with Gasteiger partial charge in [0.15, 0.2) is 0 Å². The number of thiophene rings is 1. The zero-order valence-electron chi connectivity index (χ0n) is 11.7. The predicted molar refractivity (Wildman–Crippen MR) is 84.2 cm³/mol. The normalized spacial score (nSPS) is 11.4. The summed E-state index contributed by atoms with van der Waals surface area (Å²) in [5.74, 6) is -0.0924. The van der Waals surface area contributed by atoms with Crippen LogP contribution in [0, 0.1) is 0 Å². The highest BCUT2D eigenvalue weighted by Crippen LogP contribution is 2.09. The van der Waals surface area contributed by atoms with Crippen LogP contribution in [0.4, 0.5) is 0 Å². The smallest absolute Gasteiger partial charge is 0.244 e. The third-order valence-electron chi connectivity index (χ3n) is 3.02. The van der Waals surface area contributed by atoms with Gasteiger partial charge < -0.3 is 0 Å². The Morgan fingerprint density at radius 2 is 1.90 bits per heavy atom. The van der Waals surface area contributed by atoms with Crippen molar-refractivity contribution in [3.8, 4) is 0 Å². The molecule has 1 heterocycles.